The zero-order chi connectivity index (χ0) is 26.5. The summed E-state index contributed by atoms with van der Waals surface area (Å²) in [7, 11) is 0. The van der Waals surface area contributed by atoms with Crippen LogP contribution in [0.5, 0.6) is 0 Å². The Kier molecular flexibility index (Phi) is 6.13. The molecular weight excluding hydrogens is 514 g/mol. The zero-order valence-corrected chi connectivity index (χ0v) is 22.4. The maximum atomic E-state index is 10.2. The molecule has 1 fully saturated rings. The summed E-state index contributed by atoms with van der Waals surface area (Å²) >= 11 is 3.16. The second-order valence-corrected chi connectivity index (χ2v) is 12.1. The lowest BCUT2D eigenvalue weighted by Gasteiger charge is -2.49. The van der Waals surface area contributed by atoms with Gasteiger partial charge in [0.25, 0.3) is 0 Å². The predicted octanol–water partition coefficient (Wildman–Crippen LogP) is 5.44. The highest BCUT2D eigenvalue weighted by atomic mass is 32.1. The molecule has 0 amide bonds. The first-order valence-electron chi connectivity index (χ1n) is 12.2. The van der Waals surface area contributed by atoms with Crippen LogP contribution in [0.15, 0.2) is 73.1 Å². The minimum absolute atomic E-state index is 0.176. The molecule has 9 heteroatoms. The molecule has 0 bridgehead atoms. The topological polar surface area (TPSA) is 131 Å². The van der Waals surface area contributed by atoms with Gasteiger partial charge in [-0.25, -0.2) is 15.0 Å². The number of anilines is 1. The third-order valence-corrected chi connectivity index (χ3v) is 9.24. The van der Waals surface area contributed by atoms with E-state index in [9.17, 15) is 10.2 Å². The second-order valence-electron chi connectivity index (χ2n) is 10.1. The normalized spacial score (nSPS) is 20.8. The third kappa shape index (κ3) is 4.53. The number of nitrogens with zero attached hydrogens (tertiary/aromatic N) is 3. The molecule has 0 spiro atoms. The van der Waals surface area contributed by atoms with Crippen molar-refractivity contribution in [3.8, 4) is 42.2 Å². The highest BCUT2D eigenvalue weighted by Gasteiger charge is 2.49. The Morgan fingerprint density at radius 1 is 0.895 bits per heavy atom. The van der Waals surface area contributed by atoms with E-state index in [1.807, 2.05) is 37.4 Å². The number of nitrogens with two attached hydrogens (primary N) is 2. The van der Waals surface area contributed by atoms with E-state index in [-0.39, 0.29) is 6.61 Å². The summed E-state index contributed by atoms with van der Waals surface area (Å²) < 4.78 is 0. The Bertz CT molecular complexity index is 1600. The van der Waals surface area contributed by atoms with E-state index >= 15 is 0 Å². The largest absolute Gasteiger partial charge is 0.392 e. The van der Waals surface area contributed by atoms with Gasteiger partial charge in [0.15, 0.2) is 0 Å². The Balaban J connectivity index is 1.37. The first-order chi connectivity index (χ1) is 18.2. The van der Waals surface area contributed by atoms with Crippen molar-refractivity contribution in [2.24, 2.45) is 5.73 Å². The van der Waals surface area contributed by atoms with Crippen molar-refractivity contribution in [1.82, 2.24) is 15.0 Å². The van der Waals surface area contributed by atoms with Crippen molar-refractivity contribution in [1.29, 1.82) is 0 Å². The number of rotatable bonds is 6. The molecule has 192 valence electrons. The highest BCUT2D eigenvalue weighted by Crippen LogP contribution is 2.47. The molecular formula is C29H27N5O2S2. The molecule has 1 saturated carbocycles. The van der Waals surface area contributed by atoms with Gasteiger partial charge in [0, 0.05) is 34.6 Å². The van der Waals surface area contributed by atoms with Crippen LogP contribution in [0, 0.1) is 0 Å². The van der Waals surface area contributed by atoms with Crippen LogP contribution >= 0.6 is 22.7 Å². The van der Waals surface area contributed by atoms with Gasteiger partial charge in [-0.1, -0.05) is 54.6 Å². The Morgan fingerprint density at radius 3 is 2.32 bits per heavy atom. The number of nitrogen functional groups attached to an aromatic ring is 1. The molecule has 0 unspecified atom stereocenters. The summed E-state index contributed by atoms with van der Waals surface area (Å²) in [4.78, 5) is 15.9. The van der Waals surface area contributed by atoms with Crippen molar-refractivity contribution in [2.75, 3.05) is 5.73 Å². The van der Waals surface area contributed by atoms with Gasteiger partial charge < -0.3 is 21.7 Å². The first-order valence-corrected chi connectivity index (χ1v) is 13.9. The van der Waals surface area contributed by atoms with Crippen LogP contribution in [0.1, 0.15) is 30.9 Å². The van der Waals surface area contributed by atoms with Crippen LogP contribution in [-0.2, 0) is 12.1 Å². The van der Waals surface area contributed by atoms with Crippen molar-refractivity contribution >= 4 is 28.5 Å². The first kappa shape index (κ1) is 24.8. The molecule has 6 rings (SSSR count). The summed E-state index contributed by atoms with van der Waals surface area (Å²) in [5.74, 6) is 0.319. The predicted molar refractivity (Wildman–Crippen MR) is 153 cm³/mol. The van der Waals surface area contributed by atoms with Gasteiger partial charge in [0.05, 0.1) is 27.7 Å². The number of thiazole rings is 2. The molecule has 5 aromatic rings. The zero-order valence-electron chi connectivity index (χ0n) is 20.8. The molecule has 6 N–H and O–H groups in total. The van der Waals surface area contributed by atoms with Crippen LogP contribution < -0.4 is 11.5 Å². The molecule has 0 atom stereocenters. The fourth-order valence-corrected chi connectivity index (χ4v) is 7.18. The molecule has 0 saturated heterocycles. The highest BCUT2D eigenvalue weighted by molar-refractivity contribution is 7.25. The molecule has 3 heterocycles. The fraction of sp³-hybridized carbons (Fsp3) is 0.207. The number of benzene rings is 2. The van der Waals surface area contributed by atoms with Gasteiger partial charge >= 0.3 is 0 Å². The van der Waals surface area contributed by atoms with Gasteiger partial charge in [0.1, 0.15) is 15.8 Å². The molecule has 1 aliphatic rings. The van der Waals surface area contributed by atoms with Crippen LogP contribution in [0.2, 0.25) is 0 Å². The number of hydrogen-bond donors (Lipinski definition) is 4. The van der Waals surface area contributed by atoms with E-state index in [1.54, 1.807) is 17.5 Å². The van der Waals surface area contributed by atoms with Crippen molar-refractivity contribution in [2.45, 2.75) is 37.5 Å². The second kappa shape index (κ2) is 9.37. The monoisotopic (exact) mass is 541 g/mol. The molecule has 1 aliphatic carbocycles. The van der Waals surface area contributed by atoms with Crippen molar-refractivity contribution < 1.29 is 10.2 Å². The lowest BCUT2D eigenvalue weighted by Crippen LogP contribution is -2.58. The number of pyridine rings is 1. The van der Waals surface area contributed by atoms with Crippen molar-refractivity contribution in [3.05, 3.63) is 84.2 Å². The van der Waals surface area contributed by atoms with Crippen LogP contribution in [-0.4, -0.2) is 30.8 Å². The van der Waals surface area contributed by atoms with Crippen LogP contribution in [0.3, 0.4) is 0 Å². The Hall–Kier alpha value is -3.47. The molecule has 0 aliphatic heterocycles. The molecule has 2 aromatic carbocycles. The Labute approximate surface area is 228 Å². The summed E-state index contributed by atoms with van der Waals surface area (Å²) in [6.07, 6.45) is 4.60. The van der Waals surface area contributed by atoms with E-state index in [1.165, 1.54) is 11.3 Å². The number of aliphatic hydroxyl groups excluding tert-OH is 1. The SMILES string of the molecule is C[C@]1(O)C[C@@](N)(c2ccc(-c3nc(-c4cnc(-c5cnc(N)c(CO)c5)s4)sc3-c3ccccc3)cc2)C1. The minimum atomic E-state index is -0.701. The maximum Gasteiger partial charge on any atom is 0.136 e. The fourth-order valence-electron chi connectivity index (χ4n) is 5.15. The maximum absolute atomic E-state index is 10.2. The summed E-state index contributed by atoms with van der Waals surface area (Å²) in [5, 5.41) is 21.4. The quantitative estimate of drug-likeness (QED) is 0.225. The molecule has 0 radical (unpaired) electrons. The number of hydrogen-bond acceptors (Lipinski definition) is 9. The Morgan fingerprint density at radius 2 is 1.63 bits per heavy atom. The van der Waals surface area contributed by atoms with Gasteiger partial charge in [-0.2, -0.15) is 0 Å². The van der Waals surface area contributed by atoms with Gasteiger partial charge in [-0.15, -0.1) is 22.7 Å². The smallest absolute Gasteiger partial charge is 0.136 e. The summed E-state index contributed by atoms with van der Waals surface area (Å²) in [6, 6.07) is 20.3. The van der Waals surface area contributed by atoms with E-state index in [0.29, 0.717) is 24.2 Å². The van der Waals surface area contributed by atoms with Gasteiger partial charge in [-0.3, -0.25) is 0 Å². The number of aliphatic hydroxyl groups is 2. The van der Waals surface area contributed by atoms with E-state index in [2.05, 4.69) is 46.4 Å². The molecule has 38 heavy (non-hydrogen) atoms. The molecule has 7 nitrogen and oxygen atoms in total. The molecule has 3 aromatic heterocycles. The minimum Gasteiger partial charge on any atom is -0.392 e. The van der Waals surface area contributed by atoms with Gasteiger partial charge in [0.2, 0.25) is 0 Å². The average molecular weight is 542 g/mol. The number of aromatic nitrogens is 3. The van der Waals surface area contributed by atoms with E-state index in [4.69, 9.17) is 16.5 Å². The van der Waals surface area contributed by atoms with E-state index in [0.717, 1.165) is 47.7 Å². The van der Waals surface area contributed by atoms with Crippen LogP contribution in [0.4, 0.5) is 5.82 Å². The van der Waals surface area contributed by atoms with Crippen LogP contribution in [0.25, 0.3) is 42.2 Å². The standard InChI is InChI=1S/C29H27N5O2S2/c1-28(36)15-29(31,16-28)21-9-7-17(8-10-21)23-24(18-5-3-2-4-6-18)38-27(34-23)22-13-33-26(37-22)19-11-20(14-35)25(30)32-12-19/h2-13,35-36H,14-16,31H2,1H3,(H2,30,32)/t28-,29-. The average Bonchev–Trinajstić information content (AvgIpc) is 3.56. The summed E-state index contributed by atoms with van der Waals surface area (Å²) in [5.41, 5.74) is 16.6. The lowest BCUT2D eigenvalue weighted by atomic mass is 9.63. The summed E-state index contributed by atoms with van der Waals surface area (Å²) in [6.45, 7) is 1.65. The lowest BCUT2D eigenvalue weighted by molar-refractivity contribution is -0.0738. The third-order valence-electron chi connectivity index (χ3n) is 6.92. The van der Waals surface area contributed by atoms with Crippen molar-refractivity contribution in [3.63, 3.8) is 0 Å². The van der Waals surface area contributed by atoms with Gasteiger partial charge in [-0.05, 0) is 37.0 Å². The van der Waals surface area contributed by atoms with E-state index < -0.39 is 11.1 Å².